The summed E-state index contributed by atoms with van der Waals surface area (Å²) < 4.78 is 61.2. The normalized spacial score (nSPS) is 16.1. The van der Waals surface area contributed by atoms with Crippen molar-refractivity contribution in [3.8, 4) is 56.0 Å². The molecular weight excluding hydrogens is 973 g/mol. The SMILES string of the molecule is [2H]c1c([2H])c2c(c([2H])c1-c1cnc(Nc3cc(C(C)(C)C)ccc3-c3ccc(Oc4cccc(N5CN(c6c(-c7cccc(C(C)(C)C)c7)cccc6-c6cccc(C(C)(C)C)c6)c6ccccc65)c4)cc3)cc1C([2H])([2H])[2H])C(C)(C)CCC2(C)C. The Bertz CT molecular complexity index is 4010. The van der Waals surface area contributed by atoms with E-state index in [4.69, 9.17) is 13.8 Å². The zero-order chi connectivity index (χ0) is 61.6. The maximum atomic E-state index is 9.60. The van der Waals surface area contributed by atoms with Gasteiger partial charge >= 0.3 is 0 Å². The second-order valence-corrected chi connectivity index (χ2v) is 26.5. The number of rotatable bonds is 10. The Morgan fingerprint density at radius 1 is 0.512 bits per heavy atom. The molecule has 0 spiro atoms. The lowest BCUT2D eigenvalue weighted by atomic mass is 9.63. The van der Waals surface area contributed by atoms with Crippen LogP contribution in [0.4, 0.5) is 34.3 Å². The number of hydrogen-bond donors (Lipinski definition) is 1. The molecule has 0 amide bonds. The molecule has 0 atom stereocenters. The standard InChI is InChI=1S/C75H80N4O/c1-49-41-69(76-47-63(49)53-33-38-64-65(44-53)75(13,14)40-39-74(64,11)12)77-66-45-56(73(8,9)10)34-37-60(66)50-31-35-58(36-32-50)80-59-26-19-25-57(46-59)78-48-79(68-30-16-15-29-67(68)78)70-61(51-21-17-23-54(42-51)71(2,3)4)27-20-28-62(70)52-22-18-24-55(43-52)72(5,6)7/h15-38,41-47H,39-40,48H2,1-14H3,(H,76,77)/i1D3,33D,38D,44D. The molecule has 0 fully saturated rings. The molecule has 5 heteroatoms. The minimum atomic E-state index is -2.62. The molecule has 2 heterocycles. The molecule has 0 saturated heterocycles. The van der Waals surface area contributed by atoms with E-state index in [1.54, 1.807) is 0 Å². The highest BCUT2D eigenvalue weighted by Crippen LogP contribution is 2.52. The van der Waals surface area contributed by atoms with Crippen molar-refractivity contribution in [1.82, 2.24) is 4.98 Å². The Labute approximate surface area is 486 Å². The van der Waals surface area contributed by atoms with Crippen LogP contribution in [0.3, 0.4) is 0 Å². The zero-order valence-electron chi connectivity index (χ0n) is 55.0. The molecular formula is C75H80N4O. The van der Waals surface area contributed by atoms with Crippen LogP contribution in [0.25, 0.3) is 44.5 Å². The maximum Gasteiger partial charge on any atom is 0.130 e. The van der Waals surface area contributed by atoms with Gasteiger partial charge in [0.2, 0.25) is 0 Å². The molecule has 11 rings (SSSR count). The van der Waals surface area contributed by atoms with Crippen molar-refractivity contribution in [3.05, 3.63) is 221 Å². The summed E-state index contributed by atoms with van der Waals surface area (Å²) in [7, 11) is 0. The summed E-state index contributed by atoms with van der Waals surface area (Å²) in [5.41, 5.74) is 15.8. The Morgan fingerprint density at radius 2 is 1.10 bits per heavy atom. The topological polar surface area (TPSA) is 40.6 Å². The molecule has 1 aliphatic carbocycles. The molecule has 80 heavy (non-hydrogen) atoms. The van der Waals surface area contributed by atoms with Crippen LogP contribution >= 0.6 is 0 Å². The van der Waals surface area contributed by atoms with Gasteiger partial charge in [0, 0.05) is 50.0 Å². The molecule has 2 aliphatic rings. The highest BCUT2D eigenvalue weighted by atomic mass is 16.5. The van der Waals surface area contributed by atoms with Crippen LogP contribution in [-0.4, -0.2) is 11.7 Å². The predicted molar refractivity (Wildman–Crippen MR) is 340 cm³/mol. The van der Waals surface area contributed by atoms with Gasteiger partial charge in [-0.25, -0.2) is 4.98 Å². The minimum Gasteiger partial charge on any atom is -0.457 e. The van der Waals surface area contributed by atoms with Crippen molar-refractivity contribution in [2.75, 3.05) is 21.8 Å². The fraction of sp³-hybridized carbons (Fsp3) is 0.293. The van der Waals surface area contributed by atoms with Crippen molar-refractivity contribution >= 4 is 34.3 Å². The molecule has 8 aromatic carbocycles. The van der Waals surface area contributed by atoms with Crippen LogP contribution in [0.15, 0.2) is 188 Å². The Morgan fingerprint density at radius 3 is 1.73 bits per heavy atom. The summed E-state index contributed by atoms with van der Waals surface area (Å²) in [4.78, 5) is 9.65. The first kappa shape index (κ1) is 47.0. The average molecular weight is 1060 g/mol. The monoisotopic (exact) mass is 1060 g/mol. The first-order chi connectivity index (χ1) is 40.4. The first-order valence-electron chi connectivity index (χ1n) is 31.3. The molecule has 1 aromatic heterocycles. The van der Waals surface area contributed by atoms with Crippen LogP contribution in [0, 0.1) is 6.85 Å². The third-order valence-electron chi connectivity index (χ3n) is 16.5. The van der Waals surface area contributed by atoms with Gasteiger partial charge in [-0.15, -0.1) is 0 Å². The smallest absolute Gasteiger partial charge is 0.130 e. The number of hydrogen-bond acceptors (Lipinski definition) is 5. The number of aromatic nitrogens is 1. The summed E-state index contributed by atoms with van der Waals surface area (Å²) in [6.45, 7) is 26.3. The van der Waals surface area contributed by atoms with E-state index in [0.717, 1.165) is 58.0 Å². The highest BCUT2D eigenvalue weighted by molar-refractivity contribution is 5.99. The minimum absolute atomic E-state index is 0.0248. The van der Waals surface area contributed by atoms with Gasteiger partial charge < -0.3 is 19.9 Å². The summed E-state index contributed by atoms with van der Waals surface area (Å²) in [6.07, 6.45) is 3.09. The average Bonchev–Trinajstić information content (AvgIpc) is 0.997. The maximum absolute atomic E-state index is 9.60. The second kappa shape index (κ2) is 20.3. The number of benzene rings is 8. The van der Waals surface area contributed by atoms with E-state index in [1.165, 1.54) is 45.6 Å². The number of anilines is 6. The van der Waals surface area contributed by atoms with E-state index in [9.17, 15) is 4.11 Å². The number of nitrogens with one attached hydrogen (secondary N) is 1. The Hall–Kier alpha value is -7.89. The summed E-state index contributed by atoms with van der Waals surface area (Å²) >= 11 is 0. The number of nitrogens with zero attached hydrogens (tertiary/aromatic N) is 3. The molecule has 0 radical (unpaired) electrons. The second-order valence-electron chi connectivity index (χ2n) is 26.5. The number of para-hydroxylation sites is 3. The van der Waals surface area contributed by atoms with Gasteiger partial charge in [0.05, 0.1) is 21.2 Å². The van der Waals surface area contributed by atoms with Crippen LogP contribution in [0.5, 0.6) is 11.5 Å². The van der Waals surface area contributed by atoms with E-state index in [-0.39, 0.29) is 51.1 Å². The number of ether oxygens (including phenoxy) is 1. The lowest BCUT2D eigenvalue weighted by molar-refractivity contribution is 0.332. The van der Waals surface area contributed by atoms with Crippen LogP contribution in [-0.2, 0) is 27.1 Å². The van der Waals surface area contributed by atoms with Gasteiger partial charge in [0.25, 0.3) is 0 Å². The van der Waals surface area contributed by atoms with Gasteiger partial charge in [-0.1, -0.05) is 217 Å². The van der Waals surface area contributed by atoms with Crippen molar-refractivity contribution < 1.29 is 13.0 Å². The Kier molecular flexibility index (Phi) is 11.9. The van der Waals surface area contributed by atoms with Crippen molar-refractivity contribution in [2.45, 2.75) is 137 Å². The van der Waals surface area contributed by atoms with E-state index >= 15 is 0 Å². The highest BCUT2D eigenvalue weighted by Gasteiger charge is 2.37. The molecule has 0 unspecified atom stereocenters. The molecule has 0 saturated carbocycles. The van der Waals surface area contributed by atoms with Gasteiger partial charge in [0.15, 0.2) is 0 Å². The van der Waals surface area contributed by atoms with E-state index in [1.807, 2.05) is 36.4 Å². The van der Waals surface area contributed by atoms with E-state index in [2.05, 4.69) is 226 Å². The fourth-order valence-electron chi connectivity index (χ4n) is 11.4. The van der Waals surface area contributed by atoms with Crippen LogP contribution in [0.1, 0.15) is 144 Å². The molecule has 406 valence electrons. The quantitative estimate of drug-likeness (QED) is 0.148. The van der Waals surface area contributed by atoms with Crippen molar-refractivity contribution in [2.24, 2.45) is 0 Å². The third-order valence-corrected chi connectivity index (χ3v) is 16.5. The summed E-state index contributed by atoms with van der Waals surface area (Å²) in [6, 6.07) is 57.5. The lowest BCUT2D eigenvalue weighted by Crippen LogP contribution is -2.33. The van der Waals surface area contributed by atoms with E-state index < -0.39 is 17.7 Å². The van der Waals surface area contributed by atoms with Crippen LogP contribution < -0.4 is 19.9 Å². The largest absolute Gasteiger partial charge is 0.457 e. The van der Waals surface area contributed by atoms with Crippen LogP contribution in [0.2, 0.25) is 0 Å². The molecule has 9 aromatic rings. The fourth-order valence-corrected chi connectivity index (χ4v) is 11.4. The number of fused-ring (bicyclic) bond motifs is 2. The van der Waals surface area contributed by atoms with Crippen molar-refractivity contribution in [3.63, 3.8) is 0 Å². The molecule has 5 nitrogen and oxygen atoms in total. The first-order valence-corrected chi connectivity index (χ1v) is 28.3. The number of aryl methyl sites for hydroxylation is 1. The molecule has 1 aliphatic heterocycles. The van der Waals surface area contributed by atoms with Gasteiger partial charge in [-0.3, -0.25) is 0 Å². The van der Waals surface area contributed by atoms with Crippen molar-refractivity contribution in [1.29, 1.82) is 0 Å². The summed E-state index contributed by atoms with van der Waals surface area (Å²) in [5.74, 6) is 1.66. The molecule has 1 N–H and O–H groups in total. The lowest BCUT2D eigenvalue weighted by Gasteiger charge is -2.42. The summed E-state index contributed by atoms with van der Waals surface area (Å²) in [5, 5.41) is 3.50. The van der Waals surface area contributed by atoms with E-state index in [0.29, 0.717) is 35.1 Å². The Balaban J connectivity index is 0.907. The van der Waals surface area contributed by atoms with Gasteiger partial charge in [0.1, 0.15) is 24.0 Å². The zero-order valence-corrected chi connectivity index (χ0v) is 49.0. The predicted octanol–water partition coefficient (Wildman–Crippen LogP) is 21.1. The number of pyridine rings is 1. The molecule has 0 bridgehead atoms. The third kappa shape index (κ3) is 10.7. The van der Waals surface area contributed by atoms with Gasteiger partial charge in [-0.2, -0.15) is 0 Å². The van der Waals surface area contributed by atoms with Gasteiger partial charge in [-0.05, 0) is 151 Å².